The van der Waals surface area contributed by atoms with Crippen molar-refractivity contribution < 1.29 is 23.1 Å². The first kappa shape index (κ1) is 25.0. The molecule has 0 saturated heterocycles. The summed E-state index contributed by atoms with van der Waals surface area (Å²) in [6.07, 6.45) is 3.95. The van der Waals surface area contributed by atoms with E-state index >= 15 is 0 Å². The predicted octanol–water partition coefficient (Wildman–Crippen LogP) is 4.83. The number of para-hydroxylation sites is 1. The number of aromatic nitrogens is 2. The molecule has 2 N–H and O–H groups in total. The number of carboxylic acid groups (broad SMARTS) is 1. The van der Waals surface area contributed by atoms with Crippen molar-refractivity contribution >= 4 is 32.8 Å². The number of nitrogens with zero attached hydrogens (tertiary/aromatic N) is 1. The van der Waals surface area contributed by atoms with Gasteiger partial charge in [-0.25, -0.2) is 13.2 Å². The molecular weight excluding hydrogens is 480 g/mol. The van der Waals surface area contributed by atoms with E-state index in [1.807, 2.05) is 32.0 Å². The van der Waals surface area contributed by atoms with E-state index in [9.17, 15) is 18.0 Å². The van der Waals surface area contributed by atoms with Gasteiger partial charge in [0.25, 0.3) is 5.56 Å². The third kappa shape index (κ3) is 4.70. The summed E-state index contributed by atoms with van der Waals surface area (Å²) >= 11 is 0. The Bertz CT molecular complexity index is 1670. The van der Waals surface area contributed by atoms with Gasteiger partial charge in [-0.05, 0) is 55.3 Å². The van der Waals surface area contributed by atoms with Crippen LogP contribution in [0.1, 0.15) is 23.7 Å². The lowest BCUT2D eigenvalue weighted by Crippen LogP contribution is -2.16. The Morgan fingerprint density at radius 1 is 1.11 bits per heavy atom. The van der Waals surface area contributed by atoms with Crippen LogP contribution < -0.4 is 10.3 Å². The maximum atomic E-state index is 12.9. The average Bonchev–Trinajstić information content (AvgIpc) is 3.27. The van der Waals surface area contributed by atoms with Crippen LogP contribution in [0, 0.1) is 13.8 Å². The summed E-state index contributed by atoms with van der Waals surface area (Å²) in [6, 6.07) is 12.1. The highest BCUT2D eigenvalue weighted by atomic mass is 32.2. The van der Waals surface area contributed by atoms with Gasteiger partial charge in [0.05, 0.1) is 10.6 Å². The van der Waals surface area contributed by atoms with Gasteiger partial charge in [0, 0.05) is 41.5 Å². The third-order valence-corrected chi connectivity index (χ3v) is 7.72. The van der Waals surface area contributed by atoms with Gasteiger partial charge < -0.3 is 19.4 Å². The van der Waals surface area contributed by atoms with Gasteiger partial charge in [-0.3, -0.25) is 4.79 Å². The maximum absolute atomic E-state index is 12.9. The van der Waals surface area contributed by atoms with Gasteiger partial charge in [-0.2, -0.15) is 0 Å². The van der Waals surface area contributed by atoms with E-state index in [4.69, 9.17) is 9.84 Å². The molecule has 0 bridgehead atoms. The van der Waals surface area contributed by atoms with E-state index in [1.165, 1.54) is 16.7 Å². The number of sulfone groups is 1. The molecule has 2 aromatic heterocycles. The van der Waals surface area contributed by atoms with Crippen LogP contribution in [0.15, 0.2) is 64.4 Å². The second-order valence-corrected chi connectivity index (χ2v) is 10.8. The molecule has 0 saturated carbocycles. The molecule has 186 valence electrons. The number of aliphatic carboxylic acids is 1. The van der Waals surface area contributed by atoms with E-state index < -0.39 is 15.8 Å². The van der Waals surface area contributed by atoms with Gasteiger partial charge in [0.15, 0.2) is 9.84 Å². The van der Waals surface area contributed by atoms with Gasteiger partial charge in [-0.15, -0.1) is 0 Å². The van der Waals surface area contributed by atoms with Crippen LogP contribution in [-0.2, 0) is 21.7 Å². The highest BCUT2D eigenvalue weighted by Crippen LogP contribution is 2.40. The van der Waals surface area contributed by atoms with Crippen LogP contribution in [0.25, 0.3) is 28.1 Å². The van der Waals surface area contributed by atoms with Gasteiger partial charge in [-0.1, -0.05) is 25.1 Å². The Morgan fingerprint density at radius 2 is 1.81 bits per heavy atom. The Balaban J connectivity index is 2.02. The Morgan fingerprint density at radius 3 is 2.44 bits per heavy atom. The molecule has 0 radical (unpaired) electrons. The summed E-state index contributed by atoms with van der Waals surface area (Å²) in [5.41, 5.74) is 3.26. The number of ether oxygens (including phenoxy) is 1. The molecule has 36 heavy (non-hydrogen) atoms. The van der Waals surface area contributed by atoms with Crippen molar-refractivity contribution in [1.29, 1.82) is 0 Å². The lowest BCUT2D eigenvalue weighted by Gasteiger charge is -2.17. The Labute approximate surface area is 208 Å². The largest absolute Gasteiger partial charge is 0.478 e. The van der Waals surface area contributed by atoms with Crippen LogP contribution in [0.5, 0.6) is 11.5 Å². The van der Waals surface area contributed by atoms with E-state index in [0.29, 0.717) is 33.7 Å². The van der Waals surface area contributed by atoms with Crippen LogP contribution in [0.3, 0.4) is 0 Å². The molecule has 9 heteroatoms. The molecule has 0 spiro atoms. The van der Waals surface area contributed by atoms with Gasteiger partial charge in [0.2, 0.25) is 0 Å². The van der Waals surface area contributed by atoms with Crippen molar-refractivity contribution in [1.82, 2.24) is 9.55 Å². The van der Waals surface area contributed by atoms with Crippen LogP contribution in [-0.4, -0.2) is 34.8 Å². The fourth-order valence-corrected chi connectivity index (χ4v) is 4.97. The number of nitrogens with one attached hydrogen (secondary N) is 1. The number of aromatic amines is 1. The summed E-state index contributed by atoms with van der Waals surface area (Å²) in [7, 11) is -1.93. The fourth-order valence-electron chi connectivity index (χ4n) is 4.06. The Hall–Kier alpha value is -4.11. The fraction of sp³-hybridized carbons (Fsp3) is 0.185. The first-order chi connectivity index (χ1) is 17.0. The van der Waals surface area contributed by atoms with E-state index in [-0.39, 0.29) is 21.7 Å². The molecule has 2 heterocycles. The molecule has 0 atom stereocenters. The molecule has 8 nitrogen and oxygen atoms in total. The first-order valence-corrected chi connectivity index (χ1v) is 12.9. The van der Waals surface area contributed by atoms with Gasteiger partial charge >= 0.3 is 5.97 Å². The maximum Gasteiger partial charge on any atom is 0.328 e. The molecule has 0 fully saturated rings. The average molecular weight is 507 g/mol. The summed E-state index contributed by atoms with van der Waals surface area (Å²) in [5, 5.41) is 9.51. The molecule has 0 aliphatic carbocycles. The zero-order chi connectivity index (χ0) is 26.2. The third-order valence-electron chi connectivity index (χ3n) is 5.99. The number of pyridine rings is 1. The number of hydrogen-bond acceptors (Lipinski definition) is 5. The molecule has 4 aromatic rings. The monoisotopic (exact) mass is 506 g/mol. The summed E-state index contributed by atoms with van der Waals surface area (Å²) < 4.78 is 33.2. The van der Waals surface area contributed by atoms with Crippen LogP contribution in [0.4, 0.5) is 0 Å². The number of fused-ring (bicyclic) bond motifs is 1. The Kier molecular flexibility index (Phi) is 6.60. The second kappa shape index (κ2) is 9.50. The molecule has 0 aliphatic rings. The zero-order valence-electron chi connectivity index (χ0n) is 20.3. The van der Waals surface area contributed by atoms with Crippen LogP contribution in [0.2, 0.25) is 0 Å². The quantitative estimate of drug-likeness (QED) is 0.347. The summed E-state index contributed by atoms with van der Waals surface area (Å²) in [6.45, 7) is 5.43. The highest BCUT2D eigenvalue weighted by molar-refractivity contribution is 7.91. The minimum Gasteiger partial charge on any atom is -0.478 e. The van der Waals surface area contributed by atoms with Gasteiger partial charge in [0.1, 0.15) is 17.0 Å². The van der Waals surface area contributed by atoms with Crippen molar-refractivity contribution in [3.05, 3.63) is 81.9 Å². The number of hydrogen-bond donors (Lipinski definition) is 2. The summed E-state index contributed by atoms with van der Waals surface area (Å²) in [4.78, 5) is 27.0. The topological polar surface area (TPSA) is 118 Å². The smallest absolute Gasteiger partial charge is 0.328 e. The van der Waals surface area contributed by atoms with E-state index in [0.717, 1.165) is 17.2 Å². The molecule has 0 aliphatic heterocycles. The number of carbonyl (C=O) groups is 1. The van der Waals surface area contributed by atoms with Crippen molar-refractivity contribution in [2.24, 2.45) is 7.05 Å². The van der Waals surface area contributed by atoms with Crippen LogP contribution >= 0.6 is 0 Å². The number of rotatable bonds is 7. The van der Waals surface area contributed by atoms with E-state index in [1.54, 1.807) is 38.4 Å². The minimum absolute atomic E-state index is 0.0689. The SMILES string of the molecule is CCS(=O)(=O)c1ccc(Oc2c(C)cccc2C)c(-c2cn(C)c(=O)c3[nH]c(/C=C/C(=O)O)cc23)c1. The normalized spacial score (nSPS) is 11.9. The van der Waals surface area contributed by atoms with Crippen molar-refractivity contribution in [2.45, 2.75) is 25.7 Å². The molecular formula is C27H26N2O6S. The number of aryl methyl sites for hydroxylation is 3. The number of H-pyrrole nitrogens is 1. The zero-order valence-corrected chi connectivity index (χ0v) is 21.1. The second-order valence-electron chi connectivity index (χ2n) is 8.53. The van der Waals surface area contributed by atoms with E-state index in [2.05, 4.69) is 4.98 Å². The molecule has 2 aromatic carbocycles. The predicted molar refractivity (Wildman–Crippen MR) is 139 cm³/mol. The highest BCUT2D eigenvalue weighted by Gasteiger charge is 2.21. The molecule has 4 rings (SSSR count). The molecule has 0 amide bonds. The lowest BCUT2D eigenvalue weighted by atomic mass is 10.0. The van der Waals surface area contributed by atoms with Crippen molar-refractivity contribution in [3.8, 4) is 22.6 Å². The minimum atomic E-state index is -3.53. The summed E-state index contributed by atoms with van der Waals surface area (Å²) in [5.74, 6) is -0.111. The van der Waals surface area contributed by atoms with Crippen molar-refractivity contribution in [3.63, 3.8) is 0 Å². The number of benzene rings is 2. The lowest BCUT2D eigenvalue weighted by molar-refractivity contribution is -0.131. The molecule has 0 unspecified atom stereocenters. The van der Waals surface area contributed by atoms with Crippen molar-refractivity contribution in [2.75, 3.05) is 5.75 Å². The number of carboxylic acids is 1. The first-order valence-electron chi connectivity index (χ1n) is 11.3. The standard InChI is InChI=1S/C27H26N2O6S/c1-5-36(33,34)19-10-11-23(35-26-16(2)7-6-8-17(26)3)20(14-19)22-15-29(4)27(32)25-21(22)13-18(28-25)9-12-24(30)31/h6-15,28H,5H2,1-4H3,(H,30,31)/b12-9+.